The molecule has 3 rings (SSSR count). The van der Waals surface area contributed by atoms with Crippen molar-refractivity contribution in [1.29, 1.82) is 0 Å². The van der Waals surface area contributed by atoms with Crippen LogP contribution in [-0.4, -0.2) is 28.4 Å². The Bertz CT molecular complexity index is 1380. The molecule has 6 nitrogen and oxygen atoms in total. The first-order valence-corrected chi connectivity index (χ1v) is 19.4. The molecule has 51 heavy (non-hydrogen) atoms. The fourth-order valence-electron chi connectivity index (χ4n) is 4.81. The van der Waals surface area contributed by atoms with E-state index in [1.165, 1.54) is 32.1 Å². The summed E-state index contributed by atoms with van der Waals surface area (Å²) in [7, 11) is 3.56. The number of benzene rings is 1. The van der Waals surface area contributed by atoms with Gasteiger partial charge < -0.3 is 9.30 Å². The number of nitrogens with one attached hydrogen (secondary N) is 1. The summed E-state index contributed by atoms with van der Waals surface area (Å²) >= 11 is 0. The van der Waals surface area contributed by atoms with Crippen molar-refractivity contribution in [3.63, 3.8) is 0 Å². The third kappa shape index (κ3) is 23.3. The molecule has 1 aromatic carbocycles. The highest BCUT2D eigenvalue weighted by Crippen LogP contribution is 2.22. The van der Waals surface area contributed by atoms with Crippen LogP contribution in [0.5, 0.6) is 0 Å². The summed E-state index contributed by atoms with van der Waals surface area (Å²) in [5, 5.41) is 2.94. The number of nitrogens with zero attached hydrogens (tertiary/aromatic N) is 2. The minimum absolute atomic E-state index is 0.231. The number of fused-ring (bicyclic) bond motifs is 1. The minimum atomic E-state index is -0.231. The summed E-state index contributed by atoms with van der Waals surface area (Å²) in [6.45, 7) is 27.9. The Morgan fingerprint density at radius 3 is 1.94 bits per heavy atom. The normalized spacial score (nSPS) is 12.3. The van der Waals surface area contributed by atoms with Crippen LogP contribution in [0.1, 0.15) is 159 Å². The van der Waals surface area contributed by atoms with Gasteiger partial charge in [-0.15, -0.1) is 12.3 Å². The van der Waals surface area contributed by atoms with Gasteiger partial charge in [0, 0.05) is 38.3 Å². The monoisotopic (exact) mass is 706 g/mol. The third-order valence-corrected chi connectivity index (χ3v) is 7.67. The van der Waals surface area contributed by atoms with Gasteiger partial charge in [-0.05, 0) is 81.5 Å². The average molecular weight is 706 g/mol. The van der Waals surface area contributed by atoms with Gasteiger partial charge in [0.1, 0.15) is 5.78 Å². The molecule has 1 fully saturated rings. The highest BCUT2D eigenvalue weighted by molar-refractivity contribution is 6.06. The van der Waals surface area contributed by atoms with Crippen LogP contribution >= 0.6 is 0 Å². The lowest BCUT2D eigenvalue weighted by Gasteiger charge is -2.11. The molecule has 6 heteroatoms. The van der Waals surface area contributed by atoms with Gasteiger partial charge in [-0.2, -0.15) is 0 Å². The molecule has 1 heterocycles. The van der Waals surface area contributed by atoms with Crippen LogP contribution in [-0.2, 0) is 21.4 Å². The molecule has 1 aliphatic carbocycles. The van der Waals surface area contributed by atoms with E-state index in [9.17, 15) is 9.59 Å². The highest BCUT2D eigenvalue weighted by Gasteiger charge is 2.15. The smallest absolute Gasteiger partial charge is 0.257 e. The molecular formula is C45H75N3O3. The molecule has 0 atom stereocenters. The van der Waals surface area contributed by atoms with Gasteiger partial charge in [0.2, 0.25) is 5.95 Å². The minimum Gasteiger partial charge on any atom is -0.501 e. The predicted octanol–water partition coefficient (Wildman–Crippen LogP) is 13.2. The van der Waals surface area contributed by atoms with Crippen LogP contribution in [0.25, 0.3) is 11.0 Å². The van der Waals surface area contributed by atoms with E-state index in [-0.39, 0.29) is 5.91 Å². The van der Waals surface area contributed by atoms with Crippen LogP contribution < -0.4 is 5.32 Å². The quantitative estimate of drug-likeness (QED) is 0.103. The maximum Gasteiger partial charge on any atom is 0.257 e. The number of methoxy groups -OCH3 is 1. The largest absolute Gasteiger partial charge is 0.501 e. The molecule has 0 unspecified atom stereocenters. The number of anilines is 1. The van der Waals surface area contributed by atoms with Crippen molar-refractivity contribution in [3.8, 4) is 12.3 Å². The van der Waals surface area contributed by atoms with Gasteiger partial charge >= 0.3 is 0 Å². The number of Topliss-reactive ketones (excluding diaryl/α,β-unsaturated/α-hetero) is 1. The summed E-state index contributed by atoms with van der Waals surface area (Å²) in [6, 6.07) is 6.02. The molecule has 1 saturated carbocycles. The zero-order valence-electron chi connectivity index (χ0n) is 35.3. The van der Waals surface area contributed by atoms with Crippen molar-refractivity contribution in [2.75, 3.05) is 12.4 Å². The summed E-state index contributed by atoms with van der Waals surface area (Å²) in [4.78, 5) is 28.4. The van der Waals surface area contributed by atoms with Crippen LogP contribution in [0, 0.1) is 19.3 Å². The van der Waals surface area contributed by atoms with Gasteiger partial charge in [-0.25, -0.2) is 4.98 Å². The molecule has 0 bridgehead atoms. The number of unbranched alkanes of at least 4 members (excludes halogenated alkanes) is 1. The maximum atomic E-state index is 13.0. The number of rotatable bonds is 12. The Morgan fingerprint density at radius 1 is 0.961 bits per heavy atom. The van der Waals surface area contributed by atoms with Crippen molar-refractivity contribution < 1.29 is 14.3 Å². The first-order chi connectivity index (χ1) is 24.4. The molecule has 288 valence electrons. The van der Waals surface area contributed by atoms with Gasteiger partial charge in [0.05, 0.1) is 23.9 Å². The number of hydrogen-bond donors (Lipinski definition) is 1. The maximum absolute atomic E-state index is 13.0. The fraction of sp³-hybridized carbons (Fsp3) is 0.578. The van der Waals surface area contributed by atoms with Crippen molar-refractivity contribution in [2.24, 2.45) is 7.05 Å². The lowest BCUT2D eigenvalue weighted by molar-refractivity contribution is -0.119. The molecule has 0 aliphatic heterocycles. The van der Waals surface area contributed by atoms with Crippen LogP contribution in [0.15, 0.2) is 65.0 Å². The Morgan fingerprint density at radius 2 is 1.51 bits per heavy atom. The number of amides is 1. The van der Waals surface area contributed by atoms with Crippen LogP contribution in [0.4, 0.5) is 5.95 Å². The predicted molar refractivity (Wildman–Crippen MR) is 225 cm³/mol. The molecule has 1 N–H and O–H groups in total. The van der Waals surface area contributed by atoms with E-state index in [0.717, 1.165) is 84.0 Å². The fourth-order valence-corrected chi connectivity index (χ4v) is 4.81. The topological polar surface area (TPSA) is 73.2 Å². The summed E-state index contributed by atoms with van der Waals surface area (Å²) in [5.41, 5.74) is 6.27. The van der Waals surface area contributed by atoms with Gasteiger partial charge in [-0.3, -0.25) is 14.9 Å². The number of ketones is 1. The van der Waals surface area contributed by atoms with E-state index < -0.39 is 0 Å². The third-order valence-electron chi connectivity index (χ3n) is 7.67. The molecule has 1 aromatic heterocycles. The van der Waals surface area contributed by atoms with Crippen LogP contribution in [0.2, 0.25) is 0 Å². The standard InChI is InChI=1S/C24H31N3O2.C8H16O.C5H10.C4H6.2C2H6/c1-9-22(29-8)18(6)17(5)14-19(12-15(2)3)23(28)26-24-25-20-11-10-16(4)13-21(20)27(24)7;1-3-5-7-8(9)6-4-2;1-2-4-5-3-1;1-3-4-2;2*1-2/h10-14H,2,9H2,1,3-8H3,(H,25,26,28);3-7H2,1-2H3;1-5H2;1H,4H2,2H3;2*1-2H3/b17-14+,19-12+,22-18-;;;;;. The Labute approximate surface area is 314 Å². The zero-order chi connectivity index (χ0) is 39.8. The molecule has 0 spiro atoms. The second-order valence-electron chi connectivity index (χ2n) is 12.0. The molecule has 0 saturated heterocycles. The SMILES string of the molecule is C#CCC.C1CCCC1.C=C(C)\C=C(/C=C(C)/C(C)=C(/CC)OC)C(=O)Nc1nc2ccc(C)cc2n1C.CC.CC.CCCCC(=O)CCC. The number of carbonyl (C=O) groups is 2. The van der Waals surface area contributed by atoms with Gasteiger partial charge in [-0.1, -0.05) is 112 Å². The van der Waals surface area contributed by atoms with Crippen molar-refractivity contribution >= 4 is 28.7 Å². The summed E-state index contributed by atoms with van der Waals surface area (Å²) in [5.74, 6) is 4.04. The first kappa shape index (κ1) is 51.5. The number of terminal acetylenes is 1. The molecule has 2 aromatic rings. The summed E-state index contributed by atoms with van der Waals surface area (Å²) in [6.07, 6.45) is 22.3. The van der Waals surface area contributed by atoms with E-state index >= 15 is 0 Å². The number of ether oxygens (including phenoxy) is 1. The lowest BCUT2D eigenvalue weighted by Crippen LogP contribution is -2.16. The van der Waals surface area contributed by atoms with Crippen molar-refractivity contribution in [3.05, 3.63) is 70.5 Å². The number of aryl methyl sites for hydroxylation is 2. The number of carbonyl (C=O) groups excluding carboxylic acids is 2. The number of imidazole rings is 1. The van der Waals surface area contributed by atoms with E-state index in [1.807, 2.05) is 106 Å². The van der Waals surface area contributed by atoms with E-state index in [1.54, 1.807) is 13.2 Å². The van der Waals surface area contributed by atoms with Crippen LogP contribution in [0.3, 0.4) is 0 Å². The summed E-state index contributed by atoms with van der Waals surface area (Å²) < 4.78 is 7.34. The number of hydrogen-bond acceptors (Lipinski definition) is 4. The second kappa shape index (κ2) is 33.3. The van der Waals surface area contributed by atoms with Crippen molar-refractivity contribution in [2.45, 2.75) is 160 Å². The average Bonchev–Trinajstić information content (AvgIpc) is 3.82. The molecular weight excluding hydrogens is 631 g/mol. The van der Waals surface area contributed by atoms with Crippen molar-refractivity contribution in [1.82, 2.24) is 9.55 Å². The Hall–Kier alpha value is -3.85. The molecule has 1 amide bonds. The van der Waals surface area contributed by atoms with E-state index in [4.69, 9.17) is 11.2 Å². The first-order valence-electron chi connectivity index (χ1n) is 19.4. The Kier molecular flexibility index (Phi) is 33.6. The van der Waals surface area contributed by atoms with Gasteiger partial charge in [0.25, 0.3) is 5.91 Å². The zero-order valence-corrected chi connectivity index (χ0v) is 35.3. The molecule has 0 radical (unpaired) electrons. The number of allylic oxidation sites excluding steroid dienone is 5. The van der Waals surface area contributed by atoms with E-state index in [0.29, 0.717) is 17.3 Å². The second-order valence-corrected chi connectivity index (χ2v) is 12.0. The lowest BCUT2D eigenvalue weighted by atomic mass is 10.0. The Balaban J connectivity index is -0.000000848. The van der Waals surface area contributed by atoms with Gasteiger partial charge in [0.15, 0.2) is 0 Å². The molecule has 1 aliphatic rings. The highest BCUT2D eigenvalue weighted by atomic mass is 16.5. The number of aromatic nitrogens is 2. The van der Waals surface area contributed by atoms with E-state index in [2.05, 4.69) is 35.8 Å².